The Kier molecular flexibility index (Phi) is 6.94. The van der Waals surface area contributed by atoms with Gasteiger partial charge in [-0.05, 0) is 26.7 Å². The summed E-state index contributed by atoms with van der Waals surface area (Å²) in [5.41, 5.74) is 1.28. The second-order valence-corrected chi connectivity index (χ2v) is 5.17. The Hall–Kier alpha value is -0.830. The van der Waals surface area contributed by atoms with E-state index in [1.807, 2.05) is 0 Å². The van der Waals surface area contributed by atoms with Gasteiger partial charge in [-0.2, -0.15) is 0 Å². The van der Waals surface area contributed by atoms with Gasteiger partial charge in [-0.15, -0.1) is 0 Å². The van der Waals surface area contributed by atoms with Crippen LogP contribution in [-0.4, -0.2) is 25.0 Å². The molecule has 17 heavy (non-hydrogen) atoms. The monoisotopic (exact) mass is 238 g/mol. The molecule has 1 rings (SSSR count). The molecule has 1 aliphatic rings. The van der Waals surface area contributed by atoms with Crippen LogP contribution in [0.5, 0.6) is 0 Å². The summed E-state index contributed by atoms with van der Waals surface area (Å²) in [5, 5.41) is 6.26. The van der Waals surface area contributed by atoms with Crippen LogP contribution in [0.3, 0.4) is 0 Å². The van der Waals surface area contributed by atoms with Crippen LogP contribution in [0.15, 0.2) is 11.6 Å². The highest BCUT2D eigenvalue weighted by atomic mass is 16.1. The molecule has 98 valence electrons. The predicted octanol–water partition coefficient (Wildman–Crippen LogP) is 2.38. The van der Waals surface area contributed by atoms with Crippen molar-refractivity contribution in [3.63, 3.8) is 0 Å². The van der Waals surface area contributed by atoms with Crippen LogP contribution in [-0.2, 0) is 4.79 Å². The number of amides is 1. The average molecular weight is 238 g/mol. The highest BCUT2D eigenvalue weighted by Gasteiger charge is 2.13. The van der Waals surface area contributed by atoms with E-state index in [4.69, 9.17) is 0 Å². The van der Waals surface area contributed by atoms with Gasteiger partial charge in [0.2, 0.25) is 5.91 Å². The summed E-state index contributed by atoms with van der Waals surface area (Å²) < 4.78 is 0. The van der Waals surface area contributed by atoms with E-state index in [1.165, 1.54) is 31.3 Å². The number of allylic oxidation sites excluding steroid dienone is 1. The topological polar surface area (TPSA) is 41.1 Å². The molecule has 0 spiro atoms. The van der Waals surface area contributed by atoms with Crippen LogP contribution in [0, 0.1) is 0 Å². The van der Waals surface area contributed by atoms with E-state index in [0.29, 0.717) is 12.6 Å². The lowest BCUT2D eigenvalue weighted by Crippen LogP contribution is -2.40. The molecule has 1 saturated carbocycles. The van der Waals surface area contributed by atoms with Gasteiger partial charge in [0.1, 0.15) is 0 Å². The third-order valence-electron chi connectivity index (χ3n) is 3.16. The molecule has 1 amide bonds. The van der Waals surface area contributed by atoms with Gasteiger partial charge in [0, 0.05) is 12.6 Å². The van der Waals surface area contributed by atoms with E-state index in [-0.39, 0.29) is 5.91 Å². The number of hydrogen-bond donors (Lipinski definition) is 2. The van der Waals surface area contributed by atoms with Crippen LogP contribution in [0.4, 0.5) is 0 Å². The highest BCUT2D eigenvalue weighted by molar-refractivity contribution is 5.78. The Morgan fingerprint density at radius 3 is 2.41 bits per heavy atom. The third kappa shape index (κ3) is 7.16. The first-order chi connectivity index (χ1) is 8.18. The number of hydrogen-bond acceptors (Lipinski definition) is 2. The summed E-state index contributed by atoms with van der Waals surface area (Å²) in [4.78, 5) is 11.7. The van der Waals surface area contributed by atoms with Crippen LogP contribution in [0.1, 0.15) is 52.4 Å². The second-order valence-electron chi connectivity index (χ2n) is 5.17. The summed E-state index contributed by atoms with van der Waals surface area (Å²) in [5.74, 6) is 0.138. The summed E-state index contributed by atoms with van der Waals surface area (Å²) in [6, 6.07) is 0.412. The van der Waals surface area contributed by atoms with Gasteiger partial charge in [-0.3, -0.25) is 4.79 Å². The largest absolute Gasteiger partial charge is 0.352 e. The lowest BCUT2D eigenvalue weighted by molar-refractivity contribution is -0.121. The molecule has 2 N–H and O–H groups in total. The standard InChI is InChI=1S/C14H26N2O/c1-12(2)9-10-15-11-14(17)16-13-7-5-3-4-6-8-13/h9,13,15H,3-8,10-11H2,1-2H3,(H,16,17). The molecule has 0 radical (unpaired) electrons. The lowest BCUT2D eigenvalue weighted by Gasteiger charge is -2.16. The van der Waals surface area contributed by atoms with Crippen LogP contribution >= 0.6 is 0 Å². The first kappa shape index (κ1) is 14.2. The molecule has 0 unspecified atom stereocenters. The summed E-state index contributed by atoms with van der Waals surface area (Å²) in [7, 11) is 0. The van der Waals surface area contributed by atoms with E-state index in [0.717, 1.165) is 19.4 Å². The summed E-state index contributed by atoms with van der Waals surface area (Å²) in [6.07, 6.45) is 9.57. The fourth-order valence-electron chi connectivity index (χ4n) is 2.16. The maximum Gasteiger partial charge on any atom is 0.234 e. The van der Waals surface area contributed by atoms with Crippen LogP contribution in [0.25, 0.3) is 0 Å². The van der Waals surface area contributed by atoms with E-state index >= 15 is 0 Å². The van der Waals surface area contributed by atoms with Crippen molar-refractivity contribution in [1.29, 1.82) is 0 Å². The van der Waals surface area contributed by atoms with Crippen molar-refractivity contribution in [2.24, 2.45) is 0 Å². The molecule has 0 aromatic heterocycles. The van der Waals surface area contributed by atoms with Gasteiger partial charge in [0.05, 0.1) is 6.54 Å². The number of nitrogens with one attached hydrogen (secondary N) is 2. The normalized spacial score (nSPS) is 17.3. The predicted molar refractivity (Wildman–Crippen MR) is 71.9 cm³/mol. The SMILES string of the molecule is CC(C)=CCNCC(=O)NC1CCCCCC1. The van der Waals surface area contributed by atoms with Gasteiger partial charge in [0.25, 0.3) is 0 Å². The Morgan fingerprint density at radius 1 is 1.18 bits per heavy atom. The molecule has 1 fully saturated rings. The zero-order valence-electron chi connectivity index (χ0n) is 11.2. The first-order valence-corrected chi connectivity index (χ1v) is 6.82. The van der Waals surface area contributed by atoms with Crippen molar-refractivity contribution in [2.45, 2.75) is 58.4 Å². The Balaban J connectivity index is 2.13. The van der Waals surface area contributed by atoms with Crippen molar-refractivity contribution in [1.82, 2.24) is 10.6 Å². The zero-order chi connectivity index (χ0) is 12.5. The molecular weight excluding hydrogens is 212 g/mol. The molecule has 3 heteroatoms. The lowest BCUT2D eigenvalue weighted by atomic mass is 10.1. The molecule has 0 aliphatic heterocycles. The maximum atomic E-state index is 11.7. The minimum Gasteiger partial charge on any atom is -0.352 e. The molecule has 0 saturated heterocycles. The van der Waals surface area contributed by atoms with E-state index in [9.17, 15) is 4.79 Å². The first-order valence-electron chi connectivity index (χ1n) is 6.82. The van der Waals surface area contributed by atoms with E-state index in [2.05, 4.69) is 30.6 Å². The third-order valence-corrected chi connectivity index (χ3v) is 3.16. The molecule has 3 nitrogen and oxygen atoms in total. The fraction of sp³-hybridized carbons (Fsp3) is 0.786. The Morgan fingerprint density at radius 2 is 1.82 bits per heavy atom. The summed E-state index contributed by atoms with van der Waals surface area (Å²) >= 11 is 0. The summed E-state index contributed by atoms with van der Waals surface area (Å²) in [6.45, 7) is 5.33. The molecule has 0 atom stereocenters. The number of rotatable bonds is 5. The smallest absolute Gasteiger partial charge is 0.234 e. The van der Waals surface area contributed by atoms with Crippen molar-refractivity contribution < 1.29 is 4.79 Å². The van der Waals surface area contributed by atoms with Crippen LogP contribution < -0.4 is 10.6 Å². The van der Waals surface area contributed by atoms with Crippen molar-refractivity contribution in [3.8, 4) is 0 Å². The van der Waals surface area contributed by atoms with Crippen molar-refractivity contribution in [3.05, 3.63) is 11.6 Å². The highest BCUT2D eigenvalue weighted by Crippen LogP contribution is 2.16. The molecule has 1 aliphatic carbocycles. The molecule has 0 aromatic carbocycles. The Bertz CT molecular complexity index is 249. The number of carbonyl (C=O) groups is 1. The van der Waals surface area contributed by atoms with E-state index < -0.39 is 0 Å². The Labute approximate surface area is 105 Å². The average Bonchev–Trinajstić information content (AvgIpc) is 2.53. The van der Waals surface area contributed by atoms with Crippen molar-refractivity contribution in [2.75, 3.05) is 13.1 Å². The van der Waals surface area contributed by atoms with Gasteiger partial charge in [0.15, 0.2) is 0 Å². The van der Waals surface area contributed by atoms with Crippen LogP contribution in [0.2, 0.25) is 0 Å². The second kappa shape index (κ2) is 8.29. The minimum atomic E-state index is 0.138. The van der Waals surface area contributed by atoms with E-state index in [1.54, 1.807) is 0 Å². The fourth-order valence-corrected chi connectivity index (χ4v) is 2.16. The minimum absolute atomic E-state index is 0.138. The zero-order valence-corrected chi connectivity index (χ0v) is 11.2. The molecule has 0 heterocycles. The molecule has 0 aromatic rings. The quantitative estimate of drug-likeness (QED) is 0.438. The van der Waals surface area contributed by atoms with Crippen molar-refractivity contribution >= 4 is 5.91 Å². The molecule has 0 bridgehead atoms. The van der Waals surface area contributed by atoms with Gasteiger partial charge >= 0.3 is 0 Å². The molecular formula is C14H26N2O. The van der Waals surface area contributed by atoms with Gasteiger partial charge < -0.3 is 10.6 Å². The maximum absolute atomic E-state index is 11.7. The van der Waals surface area contributed by atoms with Gasteiger partial charge in [-0.25, -0.2) is 0 Å². The van der Waals surface area contributed by atoms with Gasteiger partial charge in [-0.1, -0.05) is 37.3 Å². The number of carbonyl (C=O) groups excluding carboxylic acids is 1.